The minimum absolute atomic E-state index is 0.193. The van der Waals surface area contributed by atoms with E-state index < -0.39 is 0 Å². The first-order valence-electron chi connectivity index (χ1n) is 36.1. The Morgan fingerprint density at radius 2 is 0.588 bits per heavy atom. The van der Waals surface area contributed by atoms with Crippen LogP contribution in [0.5, 0.6) is 0 Å². The molecule has 2 aliphatic heterocycles. The quantitative estimate of drug-likeness (QED) is 0.106. The molecule has 0 fully saturated rings. The van der Waals surface area contributed by atoms with Gasteiger partial charge in [-0.1, -0.05) is 323 Å². The highest BCUT2D eigenvalue weighted by atomic mass is 16.3. The number of hydrogen-bond donors (Lipinski definition) is 0. The summed E-state index contributed by atoms with van der Waals surface area (Å²) in [7, 11) is 0. The molecule has 1 aromatic heterocycles. The molecule has 18 rings (SSSR count). The Morgan fingerprint density at radius 3 is 1.00 bits per heavy atom. The van der Waals surface area contributed by atoms with Gasteiger partial charge in [0.05, 0.1) is 11.4 Å². The van der Waals surface area contributed by atoms with Gasteiger partial charge in [-0.15, -0.1) is 0 Å². The van der Waals surface area contributed by atoms with Gasteiger partial charge in [0.2, 0.25) is 0 Å². The highest BCUT2D eigenvalue weighted by Gasteiger charge is 2.47. The Balaban J connectivity index is 1.03. The normalized spacial score (nSPS) is 12.9. The van der Waals surface area contributed by atoms with E-state index in [2.05, 4.69) is 388 Å². The minimum atomic E-state index is -0.334. The predicted octanol–water partition coefficient (Wildman–Crippen LogP) is 25.5. The van der Waals surface area contributed by atoms with Gasteiger partial charge in [0.25, 0.3) is 6.71 Å². The van der Waals surface area contributed by atoms with Gasteiger partial charge in [0, 0.05) is 61.3 Å². The number of para-hydroxylation sites is 2. The van der Waals surface area contributed by atoms with Crippen LogP contribution in [-0.2, 0) is 16.2 Å². The van der Waals surface area contributed by atoms with Crippen LogP contribution in [0.4, 0.5) is 34.1 Å². The summed E-state index contributed by atoms with van der Waals surface area (Å²) in [6.07, 6.45) is 0. The van der Waals surface area contributed by atoms with Crippen molar-refractivity contribution in [1.82, 2.24) is 0 Å². The lowest BCUT2D eigenvalue weighted by molar-refractivity contribution is 0.590. The summed E-state index contributed by atoms with van der Waals surface area (Å²) in [4.78, 5) is 5.45. The van der Waals surface area contributed by atoms with E-state index >= 15 is 0 Å². The second-order valence-corrected chi connectivity index (χ2v) is 31.1. The van der Waals surface area contributed by atoms with Gasteiger partial charge in [0.1, 0.15) is 11.2 Å². The third kappa shape index (κ3) is 10.3. The molecule has 0 amide bonds. The van der Waals surface area contributed by atoms with E-state index in [0.717, 1.165) is 106 Å². The van der Waals surface area contributed by atoms with Crippen LogP contribution in [0.25, 0.3) is 121 Å². The van der Waals surface area contributed by atoms with E-state index in [1.807, 2.05) is 0 Å². The fraction of sp³-hybridized carbons (Fsp3) is 0.122. The molecule has 0 spiro atoms. The molecular weight excluding hydrogens is 1230 g/mol. The second-order valence-electron chi connectivity index (χ2n) is 31.1. The van der Waals surface area contributed by atoms with Gasteiger partial charge >= 0.3 is 0 Å². The van der Waals surface area contributed by atoms with Crippen molar-refractivity contribution in [2.45, 2.75) is 78.6 Å². The molecule has 3 heterocycles. The van der Waals surface area contributed by atoms with Crippen molar-refractivity contribution >= 4 is 101 Å². The monoisotopic (exact) mass is 1310 g/mol. The fourth-order valence-electron chi connectivity index (χ4n) is 16.5. The largest absolute Gasteiger partial charge is 0.455 e. The zero-order chi connectivity index (χ0) is 69.3. The van der Waals surface area contributed by atoms with Crippen molar-refractivity contribution in [3.05, 3.63) is 332 Å². The molecule has 0 N–H and O–H groups in total. The smallest absolute Gasteiger partial charge is 0.252 e. The van der Waals surface area contributed by atoms with Crippen LogP contribution in [0.2, 0.25) is 0 Å². The van der Waals surface area contributed by atoms with Crippen LogP contribution >= 0.6 is 0 Å². The summed E-state index contributed by atoms with van der Waals surface area (Å²) in [6.45, 7) is 21.1. The van der Waals surface area contributed by atoms with Crippen LogP contribution in [0.15, 0.2) is 320 Å². The molecule has 0 unspecified atom stereocenters. The molecule has 0 saturated carbocycles. The molecule has 0 atom stereocenters. The number of hydrogen-bond acceptors (Lipinski definition) is 3. The lowest BCUT2D eigenvalue weighted by Crippen LogP contribution is -2.61. The van der Waals surface area contributed by atoms with Gasteiger partial charge in [-0.25, -0.2) is 0 Å². The van der Waals surface area contributed by atoms with Crippen molar-refractivity contribution in [3.8, 4) is 77.9 Å². The van der Waals surface area contributed by atoms with E-state index in [-0.39, 0.29) is 23.0 Å². The summed E-state index contributed by atoms with van der Waals surface area (Å²) < 4.78 is 6.99. The van der Waals surface area contributed by atoms with Crippen molar-refractivity contribution in [2.75, 3.05) is 9.80 Å². The molecule has 0 radical (unpaired) electrons. The molecule has 0 aliphatic carbocycles. The summed E-state index contributed by atoms with van der Waals surface area (Å²) in [5, 5.41) is 7.09. The number of nitrogens with zero attached hydrogens (tertiary/aromatic N) is 2. The summed E-state index contributed by atoms with van der Waals surface area (Å²) in [5.41, 5.74) is 31.6. The maximum Gasteiger partial charge on any atom is 0.252 e. The van der Waals surface area contributed by atoms with E-state index in [0.29, 0.717) is 0 Å². The fourth-order valence-corrected chi connectivity index (χ4v) is 16.5. The van der Waals surface area contributed by atoms with Gasteiger partial charge in [-0.05, 0) is 176 Å². The van der Waals surface area contributed by atoms with E-state index in [1.54, 1.807) is 0 Å². The third-order valence-corrected chi connectivity index (χ3v) is 21.7. The highest BCUT2D eigenvalue weighted by molar-refractivity contribution is 7.00. The number of anilines is 6. The number of furan rings is 1. The zero-order valence-corrected chi connectivity index (χ0v) is 59.4. The lowest BCUT2D eigenvalue weighted by Gasteiger charge is -2.47. The molecule has 15 aromatic carbocycles. The van der Waals surface area contributed by atoms with Crippen molar-refractivity contribution < 1.29 is 4.42 Å². The highest BCUT2D eigenvalue weighted by Crippen LogP contribution is 2.56. The van der Waals surface area contributed by atoms with Crippen LogP contribution < -0.4 is 26.2 Å². The predicted molar refractivity (Wildman–Crippen MR) is 437 cm³/mol. The first-order chi connectivity index (χ1) is 49.5. The minimum Gasteiger partial charge on any atom is -0.455 e. The third-order valence-electron chi connectivity index (χ3n) is 21.7. The van der Waals surface area contributed by atoms with Gasteiger partial charge in [-0.2, -0.15) is 0 Å². The van der Waals surface area contributed by atoms with Crippen LogP contribution in [-0.4, -0.2) is 6.71 Å². The van der Waals surface area contributed by atoms with Crippen LogP contribution in [0.3, 0.4) is 0 Å². The Hall–Kier alpha value is -11.7. The Kier molecular flexibility index (Phi) is 14.7. The van der Waals surface area contributed by atoms with Crippen LogP contribution in [0.1, 0.15) is 79.0 Å². The first kappa shape index (κ1) is 62.5. The van der Waals surface area contributed by atoms with Crippen molar-refractivity contribution in [1.29, 1.82) is 0 Å². The molecule has 2 aliphatic rings. The summed E-state index contributed by atoms with van der Waals surface area (Å²) >= 11 is 0. The molecule has 16 aromatic rings. The van der Waals surface area contributed by atoms with E-state index in [4.69, 9.17) is 4.42 Å². The van der Waals surface area contributed by atoms with Crippen LogP contribution in [0, 0.1) is 0 Å². The average Bonchev–Trinajstić information content (AvgIpc) is 0.725. The maximum atomic E-state index is 6.99. The second kappa shape index (κ2) is 24.0. The van der Waals surface area contributed by atoms with Crippen molar-refractivity contribution in [3.63, 3.8) is 0 Å². The number of fused-ring (bicyclic) bond motifs is 9. The zero-order valence-electron chi connectivity index (χ0n) is 59.4. The molecule has 0 bridgehead atoms. The van der Waals surface area contributed by atoms with Gasteiger partial charge in [0.15, 0.2) is 0 Å². The van der Waals surface area contributed by atoms with E-state index in [9.17, 15) is 0 Å². The standard InChI is InChI=1S/C98H79BN2O/c1-96(2,3)69-56-79(62-32-15-10-16-33-62)93(80(57-69)63-34-17-11-18-35-63)100-85-54-67(72-47-31-48-78-73-42-29-30-49-89(73)102-95(72)78)50-52-83(85)99-84-53-51-68(91-76-45-27-25-43-74(76)90(66-40-23-14-24-41-66)75-44-26-28-46-77(75)91)55-86(84)101(88-61-71(98(7,8)9)60-87(100)92(88)99)94-81(64-36-19-12-20-37-64)58-70(97(4,5)6)59-82(94)65-38-21-13-22-39-65/h10-61H,1-9H3. The molecular formula is C98H79BN2O. The lowest BCUT2D eigenvalue weighted by atomic mass is 9.33. The van der Waals surface area contributed by atoms with E-state index in [1.165, 1.54) is 82.4 Å². The SMILES string of the molecule is CC(C)(C)c1cc(-c2ccccc2)c(N2c3cc(-c4c5ccccc5c(-c5ccccc5)c5ccccc45)ccc3B3c4ccc(-c5cccc6c5oc5ccccc56)cc4N(c4c(-c5ccccc5)cc(C(C)(C)C)cc4-c4ccccc4)c4cc(C(C)(C)C)cc2c43)c(-c2ccccc2)c1. The Labute approximate surface area is 599 Å². The molecule has 0 saturated heterocycles. The van der Waals surface area contributed by atoms with Crippen molar-refractivity contribution in [2.24, 2.45) is 0 Å². The number of benzene rings is 15. The molecule has 490 valence electrons. The Bertz CT molecular complexity index is 5810. The summed E-state index contributed by atoms with van der Waals surface area (Å²) in [6, 6.07) is 119. The number of rotatable bonds is 9. The maximum absolute atomic E-state index is 6.99. The van der Waals surface area contributed by atoms with Gasteiger partial charge < -0.3 is 14.2 Å². The Morgan fingerprint density at radius 1 is 0.255 bits per heavy atom. The molecule has 102 heavy (non-hydrogen) atoms. The average molecular weight is 1310 g/mol. The summed E-state index contributed by atoms with van der Waals surface area (Å²) in [5.74, 6) is 0. The van der Waals surface area contributed by atoms with Gasteiger partial charge in [-0.3, -0.25) is 0 Å². The topological polar surface area (TPSA) is 19.6 Å². The molecule has 4 heteroatoms. The molecule has 3 nitrogen and oxygen atoms in total. The first-order valence-corrected chi connectivity index (χ1v) is 36.1.